The number of pyridine rings is 1. The van der Waals surface area contributed by atoms with E-state index in [1.165, 1.54) is 6.20 Å². The molecule has 24 heavy (non-hydrogen) atoms. The molecule has 0 radical (unpaired) electrons. The molecule has 0 saturated carbocycles. The summed E-state index contributed by atoms with van der Waals surface area (Å²) in [6.07, 6.45) is 1.54. The zero-order valence-corrected chi connectivity index (χ0v) is 14.1. The van der Waals surface area contributed by atoms with Crippen molar-refractivity contribution in [3.63, 3.8) is 0 Å². The van der Waals surface area contributed by atoms with Gasteiger partial charge in [-0.05, 0) is 24.6 Å². The van der Waals surface area contributed by atoms with Gasteiger partial charge in [-0.2, -0.15) is 0 Å². The van der Waals surface area contributed by atoms with Crippen molar-refractivity contribution in [3.05, 3.63) is 84.1 Å². The van der Waals surface area contributed by atoms with Gasteiger partial charge in [-0.3, -0.25) is 9.71 Å². The van der Waals surface area contributed by atoms with E-state index in [-0.39, 0.29) is 5.75 Å². The Labute approximate surface area is 142 Å². The van der Waals surface area contributed by atoms with E-state index in [1.54, 1.807) is 12.1 Å². The van der Waals surface area contributed by atoms with E-state index in [0.29, 0.717) is 5.69 Å². The van der Waals surface area contributed by atoms with Gasteiger partial charge >= 0.3 is 0 Å². The van der Waals surface area contributed by atoms with E-state index in [4.69, 9.17) is 0 Å². The van der Waals surface area contributed by atoms with Crippen LogP contribution in [0.25, 0.3) is 11.3 Å². The Morgan fingerprint density at radius 3 is 2.25 bits per heavy atom. The predicted molar refractivity (Wildman–Crippen MR) is 97.1 cm³/mol. The van der Waals surface area contributed by atoms with Gasteiger partial charge < -0.3 is 0 Å². The first-order chi connectivity index (χ1) is 11.5. The summed E-state index contributed by atoms with van der Waals surface area (Å²) in [5.74, 6) is -0.0618. The highest BCUT2D eigenvalue weighted by atomic mass is 32.2. The smallest absolute Gasteiger partial charge is 0.236 e. The number of hydrogen-bond donors (Lipinski definition) is 1. The summed E-state index contributed by atoms with van der Waals surface area (Å²) in [5.41, 5.74) is 4.11. The summed E-state index contributed by atoms with van der Waals surface area (Å²) in [6.45, 7) is 1.97. The second kappa shape index (κ2) is 6.84. The Balaban J connectivity index is 1.72. The maximum atomic E-state index is 12.3. The predicted octanol–water partition coefficient (Wildman–Crippen LogP) is 4.00. The van der Waals surface area contributed by atoms with Crippen LogP contribution < -0.4 is 4.72 Å². The second-order valence-corrected chi connectivity index (χ2v) is 7.37. The van der Waals surface area contributed by atoms with Crippen LogP contribution in [-0.4, -0.2) is 13.4 Å². The number of nitrogens with zero attached hydrogens (tertiary/aromatic N) is 1. The first-order valence-electron chi connectivity index (χ1n) is 7.59. The molecule has 1 heterocycles. The van der Waals surface area contributed by atoms with Crippen molar-refractivity contribution in [2.24, 2.45) is 0 Å². The van der Waals surface area contributed by atoms with Crippen molar-refractivity contribution < 1.29 is 8.42 Å². The Kier molecular flexibility index (Phi) is 4.62. The highest BCUT2D eigenvalue weighted by Crippen LogP contribution is 2.19. The van der Waals surface area contributed by atoms with Gasteiger partial charge in [0.2, 0.25) is 10.0 Å². The van der Waals surface area contributed by atoms with Gasteiger partial charge in [0.15, 0.2) is 0 Å². The van der Waals surface area contributed by atoms with Gasteiger partial charge in [-0.15, -0.1) is 0 Å². The van der Waals surface area contributed by atoms with E-state index in [0.717, 1.165) is 22.4 Å². The molecule has 0 unspecified atom stereocenters. The van der Waals surface area contributed by atoms with Gasteiger partial charge in [0.1, 0.15) is 0 Å². The van der Waals surface area contributed by atoms with E-state index in [9.17, 15) is 8.42 Å². The molecule has 1 aromatic heterocycles. The van der Waals surface area contributed by atoms with E-state index < -0.39 is 10.0 Å². The standard InChI is InChI=1S/C19H18N2O2S/c1-15-7-9-16(10-8-15)14-24(22,23)21-18-11-12-19(20-13-18)17-5-3-2-4-6-17/h2-13,21H,14H2,1H3. The number of rotatable bonds is 5. The molecular weight excluding hydrogens is 320 g/mol. The summed E-state index contributed by atoms with van der Waals surface area (Å²) >= 11 is 0. The molecule has 0 saturated heterocycles. The fraction of sp³-hybridized carbons (Fsp3) is 0.105. The molecule has 0 atom stereocenters. The van der Waals surface area contributed by atoms with E-state index in [1.807, 2.05) is 61.5 Å². The molecule has 122 valence electrons. The van der Waals surface area contributed by atoms with Crippen LogP contribution in [0, 0.1) is 6.92 Å². The normalized spacial score (nSPS) is 11.2. The van der Waals surface area contributed by atoms with Crippen LogP contribution in [0.15, 0.2) is 72.9 Å². The number of aromatic nitrogens is 1. The van der Waals surface area contributed by atoms with Crippen LogP contribution in [0.2, 0.25) is 0 Å². The van der Waals surface area contributed by atoms with Crippen LogP contribution in [0.4, 0.5) is 5.69 Å². The quantitative estimate of drug-likeness (QED) is 0.765. The molecule has 1 N–H and O–H groups in total. The third-order valence-corrected chi connectivity index (χ3v) is 4.84. The lowest BCUT2D eigenvalue weighted by atomic mass is 10.1. The molecule has 0 aliphatic carbocycles. The van der Waals surface area contributed by atoms with Crippen molar-refractivity contribution >= 4 is 15.7 Å². The van der Waals surface area contributed by atoms with Gasteiger partial charge in [0, 0.05) is 5.56 Å². The minimum absolute atomic E-state index is 0.0618. The lowest BCUT2D eigenvalue weighted by Gasteiger charge is -2.09. The highest BCUT2D eigenvalue weighted by molar-refractivity contribution is 7.91. The molecule has 0 aliphatic rings. The van der Waals surface area contributed by atoms with Gasteiger partial charge in [-0.1, -0.05) is 60.2 Å². The molecule has 3 rings (SSSR count). The number of benzene rings is 2. The second-order valence-electron chi connectivity index (χ2n) is 5.64. The number of sulfonamides is 1. The van der Waals surface area contributed by atoms with Crippen molar-refractivity contribution in [1.82, 2.24) is 4.98 Å². The lowest BCUT2D eigenvalue weighted by Crippen LogP contribution is -2.15. The van der Waals surface area contributed by atoms with Crippen molar-refractivity contribution in [2.75, 3.05) is 4.72 Å². The molecule has 0 bridgehead atoms. The van der Waals surface area contributed by atoms with Crippen LogP contribution >= 0.6 is 0 Å². The van der Waals surface area contributed by atoms with Crippen molar-refractivity contribution in [2.45, 2.75) is 12.7 Å². The average molecular weight is 338 g/mol. The summed E-state index contributed by atoms with van der Waals surface area (Å²) in [4.78, 5) is 4.32. The van der Waals surface area contributed by atoms with E-state index in [2.05, 4.69) is 9.71 Å². The minimum Gasteiger partial charge on any atom is -0.282 e. The summed E-state index contributed by atoms with van der Waals surface area (Å²) in [5, 5.41) is 0. The van der Waals surface area contributed by atoms with Crippen molar-refractivity contribution in [3.8, 4) is 11.3 Å². The Hall–Kier alpha value is -2.66. The zero-order valence-electron chi connectivity index (χ0n) is 13.3. The molecule has 0 amide bonds. The number of aryl methyl sites for hydroxylation is 1. The SMILES string of the molecule is Cc1ccc(CS(=O)(=O)Nc2ccc(-c3ccccc3)nc2)cc1. The summed E-state index contributed by atoms with van der Waals surface area (Å²) in [6, 6.07) is 20.7. The maximum Gasteiger partial charge on any atom is 0.236 e. The third kappa shape index (κ3) is 4.20. The zero-order chi connectivity index (χ0) is 17.0. The Morgan fingerprint density at radius 2 is 1.62 bits per heavy atom. The fourth-order valence-electron chi connectivity index (χ4n) is 2.35. The summed E-state index contributed by atoms with van der Waals surface area (Å²) < 4.78 is 27.1. The first-order valence-corrected chi connectivity index (χ1v) is 9.25. The molecule has 0 aliphatic heterocycles. The molecule has 0 fully saturated rings. The molecular formula is C19H18N2O2S. The highest BCUT2D eigenvalue weighted by Gasteiger charge is 2.12. The maximum absolute atomic E-state index is 12.3. The molecule has 4 nitrogen and oxygen atoms in total. The van der Waals surface area contributed by atoms with Crippen LogP contribution in [0.3, 0.4) is 0 Å². The summed E-state index contributed by atoms with van der Waals surface area (Å²) in [7, 11) is -3.47. The number of anilines is 1. The molecule has 2 aromatic carbocycles. The van der Waals surface area contributed by atoms with Gasteiger partial charge in [0.05, 0.1) is 23.3 Å². The molecule has 3 aromatic rings. The van der Waals surface area contributed by atoms with Crippen LogP contribution in [-0.2, 0) is 15.8 Å². The van der Waals surface area contributed by atoms with Crippen LogP contribution in [0.1, 0.15) is 11.1 Å². The third-order valence-electron chi connectivity index (χ3n) is 3.58. The first kappa shape index (κ1) is 16.2. The fourth-order valence-corrected chi connectivity index (χ4v) is 3.54. The van der Waals surface area contributed by atoms with E-state index >= 15 is 0 Å². The number of nitrogens with one attached hydrogen (secondary N) is 1. The minimum atomic E-state index is -3.47. The topological polar surface area (TPSA) is 59.1 Å². The van der Waals surface area contributed by atoms with Crippen molar-refractivity contribution in [1.29, 1.82) is 0 Å². The molecule has 5 heteroatoms. The number of hydrogen-bond acceptors (Lipinski definition) is 3. The molecule has 0 spiro atoms. The Morgan fingerprint density at radius 1 is 0.917 bits per heavy atom. The lowest BCUT2D eigenvalue weighted by molar-refractivity contribution is 0.600. The largest absolute Gasteiger partial charge is 0.282 e. The van der Waals surface area contributed by atoms with Crippen LogP contribution in [0.5, 0.6) is 0 Å². The van der Waals surface area contributed by atoms with Gasteiger partial charge in [-0.25, -0.2) is 8.42 Å². The monoisotopic (exact) mass is 338 g/mol. The van der Waals surface area contributed by atoms with Gasteiger partial charge in [0.25, 0.3) is 0 Å². The Bertz CT molecular complexity index is 904. The average Bonchev–Trinajstić information content (AvgIpc) is 2.58.